The average Bonchev–Trinajstić information content (AvgIpc) is 3.05. The van der Waals surface area contributed by atoms with Gasteiger partial charge in [-0.2, -0.15) is 4.98 Å². The third kappa shape index (κ3) is 4.84. The molecule has 1 aliphatic rings. The van der Waals surface area contributed by atoms with Crippen LogP contribution in [0.2, 0.25) is 5.02 Å². The molecule has 1 N–H and O–H groups in total. The smallest absolute Gasteiger partial charge is 0.303 e. The predicted molar refractivity (Wildman–Crippen MR) is 134 cm³/mol. The van der Waals surface area contributed by atoms with E-state index in [9.17, 15) is 14.4 Å². The summed E-state index contributed by atoms with van der Waals surface area (Å²) in [5, 5.41) is 9.19. The Morgan fingerprint density at radius 3 is 2.76 bits per heavy atom. The molecule has 1 fully saturated rings. The number of nitrogens with zero attached hydrogens (tertiary/aromatic N) is 3. The van der Waals surface area contributed by atoms with Gasteiger partial charge in [-0.15, -0.1) is 0 Å². The van der Waals surface area contributed by atoms with Gasteiger partial charge in [-0.1, -0.05) is 53.8 Å². The second-order valence-corrected chi connectivity index (χ2v) is 9.47. The highest BCUT2D eigenvalue weighted by Crippen LogP contribution is 2.35. The first-order chi connectivity index (χ1) is 16.3. The van der Waals surface area contributed by atoms with Gasteiger partial charge in [0.2, 0.25) is 5.88 Å². The number of para-hydroxylation sites is 1. The number of carboxylic acid groups (broad SMARTS) is 1. The Bertz CT molecular complexity index is 1420. The number of amides is 1. The molecule has 0 saturated carbocycles. The van der Waals surface area contributed by atoms with Gasteiger partial charge < -0.3 is 9.84 Å². The quantitative estimate of drug-likeness (QED) is 0.362. The maximum Gasteiger partial charge on any atom is 0.303 e. The number of carboxylic acids is 1. The minimum absolute atomic E-state index is 0.00328. The summed E-state index contributed by atoms with van der Waals surface area (Å²) in [6.07, 6.45) is 3.18. The third-order valence-corrected chi connectivity index (χ3v) is 6.70. The molecule has 34 heavy (non-hydrogen) atoms. The summed E-state index contributed by atoms with van der Waals surface area (Å²) in [5.74, 6) is -1.04. The predicted octanol–water partition coefficient (Wildman–Crippen LogP) is 4.51. The van der Waals surface area contributed by atoms with Crippen LogP contribution < -0.4 is 10.3 Å². The maximum absolute atomic E-state index is 13.4. The van der Waals surface area contributed by atoms with Crippen LogP contribution in [0.1, 0.15) is 24.0 Å². The molecule has 8 nitrogen and oxygen atoms in total. The number of thioether (sulfide) groups is 1. The van der Waals surface area contributed by atoms with Crippen molar-refractivity contribution in [3.8, 4) is 11.6 Å². The van der Waals surface area contributed by atoms with E-state index in [2.05, 4.69) is 4.98 Å². The van der Waals surface area contributed by atoms with Gasteiger partial charge >= 0.3 is 5.97 Å². The first-order valence-electron chi connectivity index (χ1n) is 10.2. The normalized spacial score (nSPS) is 14.9. The van der Waals surface area contributed by atoms with Crippen molar-refractivity contribution in [2.75, 3.05) is 6.54 Å². The molecule has 1 aliphatic heterocycles. The van der Waals surface area contributed by atoms with Gasteiger partial charge in [0.1, 0.15) is 21.3 Å². The summed E-state index contributed by atoms with van der Waals surface area (Å²) in [5.41, 5.74) is 0.814. The topological polar surface area (TPSA) is 101 Å². The fourth-order valence-corrected chi connectivity index (χ4v) is 4.80. The van der Waals surface area contributed by atoms with Gasteiger partial charge in [0.25, 0.3) is 11.5 Å². The van der Waals surface area contributed by atoms with Gasteiger partial charge in [0.05, 0.1) is 9.93 Å². The van der Waals surface area contributed by atoms with Crippen LogP contribution in [0, 0.1) is 6.92 Å². The molecule has 0 spiro atoms. The summed E-state index contributed by atoms with van der Waals surface area (Å²) in [6.45, 7) is 1.99. The number of benzene rings is 1. The highest BCUT2D eigenvalue weighted by atomic mass is 35.5. The molecular weight excluding hydrogens is 498 g/mol. The van der Waals surface area contributed by atoms with Crippen molar-refractivity contribution in [1.29, 1.82) is 0 Å². The van der Waals surface area contributed by atoms with E-state index in [-0.39, 0.29) is 35.7 Å². The zero-order valence-corrected chi connectivity index (χ0v) is 20.2. The van der Waals surface area contributed by atoms with Crippen LogP contribution in [0.4, 0.5) is 0 Å². The van der Waals surface area contributed by atoms with Crippen molar-refractivity contribution < 1.29 is 19.4 Å². The molecule has 0 unspecified atom stereocenters. The number of thiocarbonyl (C=S) groups is 1. The number of aromatic nitrogens is 2. The maximum atomic E-state index is 13.4. The second kappa shape index (κ2) is 9.96. The molecule has 0 aliphatic carbocycles. The van der Waals surface area contributed by atoms with Crippen molar-refractivity contribution in [2.45, 2.75) is 19.8 Å². The Morgan fingerprint density at radius 1 is 1.26 bits per heavy atom. The highest BCUT2D eigenvalue weighted by Gasteiger charge is 2.32. The van der Waals surface area contributed by atoms with Crippen LogP contribution in [0.25, 0.3) is 11.7 Å². The van der Waals surface area contributed by atoms with E-state index in [1.807, 2.05) is 13.0 Å². The molecule has 0 radical (unpaired) electrons. The van der Waals surface area contributed by atoms with Gasteiger partial charge in [-0.05, 0) is 43.2 Å². The molecule has 1 aromatic carbocycles. The van der Waals surface area contributed by atoms with Crippen LogP contribution in [0.5, 0.6) is 11.6 Å². The standard InChI is InChI=1S/C23H18ClN3O5S2/c1-13-6-4-10-26-19(13)25-20(32-16-8-3-2-7-15(16)24)14(21(26)30)12-17-22(31)27(23(33)34-17)11-5-9-18(28)29/h2-4,6-8,10,12H,5,9,11H2,1H3,(H,28,29)/b17-12+. The van der Waals surface area contributed by atoms with Gasteiger partial charge in [-0.25, -0.2) is 0 Å². The van der Waals surface area contributed by atoms with Crippen LogP contribution >= 0.6 is 35.6 Å². The van der Waals surface area contributed by atoms with Gasteiger partial charge in [0.15, 0.2) is 0 Å². The SMILES string of the molecule is Cc1cccn2c(=O)c(/C=C3/SC(=S)N(CCCC(=O)O)C3=O)c(Oc3ccccc3Cl)nc12. The molecule has 3 aromatic rings. The number of pyridine rings is 1. The summed E-state index contributed by atoms with van der Waals surface area (Å²) in [6, 6.07) is 10.3. The van der Waals surface area contributed by atoms with Crippen LogP contribution in [0.3, 0.4) is 0 Å². The third-order valence-electron chi connectivity index (χ3n) is 5.01. The summed E-state index contributed by atoms with van der Waals surface area (Å²) in [4.78, 5) is 43.3. The molecule has 0 bridgehead atoms. The minimum atomic E-state index is -0.951. The first-order valence-corrected chi connectivity index (χ1v) is 11.8. The fourth-order valence-electron chi connectivity index (χ4n) is 3.34. The van der Waals surface area contributed by atoms with E-state index in [0.717, 1.165) is 17.3 Å². The Labute approximate surface area is 208 Å². The summed E-state index contributed by atoms with van der Waals surface area (Å²) < 4.78 is 7.62. The molecule has 1 amide bonds. The molecular formula is C23H18ClN3O5S2. The van der Waals surface area contributed by atoms with E-state index in [4.69, 9.17) is 33.7 Å². The number of hydrogen-bond donors (Lipinski definition) is 1. The lowest BCUT2D eigenvalue weighted by molar-refractivity contribution is -0.137. The lowest BCUT2D eigenvalue weighted by atomic mass is 10.2. The van der Waals surface area contributed by atoms with E-state index in [1.54, 1.807) is 36.5 Å². The fraction of sp³-hybridized carbons (Fsp3) is 0.174. The van der Waals surface area contributed by atoms with E-state index in [0.29, 0.717) is 20.7 Å². The Balaban J connectivity index is 1.79. The molecule has 1 saturated heterocycles. The molecule has 11 heteroatoms. The van der Waals surface area contributed by atoms with Crippen LogP contribution in [-0.2, 0) is 9.59 Å². The lowest BCUT2D eigenvalue weighted by Crippen LogP contribution is -2.29. The number of halogens is 1. The molecule has 0 atom stereocenters. The number of carbonyl (C=O) groups excluding carboxylic acids is 1. The van der Waals surface area contributed by atoms with Crippen molar-refractivity contribution in [3.63, 3.8) is 0 Å². The zero-order chi connectivity index (χ0) is 24.4. The number of ether oxygens (including phenoxy) is 1. The summed E-state index contributed by atoms with van der Waals surface area (Å²) in [7, 11) is 0. The minimum Gasteiger partial charge on any atom is -0.481 e. The molecule has 4 rings (SSSR count). The number of fused-ring (bicyclic) bond motifs is 1. The van der Waals surface area contributed by atoms with Crippen molar-refractivity contribution >= 4 is 63.5 Å². The van der Waals surface area contributed by atoms with E-state index >= 15 is 0 Å². The number of rotatable bonds is 7. The number of hydrogen-bond acceptors (Lipinski definition) is 7. The molecule has 174 valence electrons. The zero-order valence-electron chi connectivity index (χ0n) is 17.9. The first kappa shape index (κ1) is 23.9. The van der Waals surface area contributed by atoms with Crippen LogP contribution in [0.15, 0.2) is 52.3 Å². The summed E-state index contributed by atoms with van der Waals surface area (Å²) >= 11 is 12.6. The Morgan fingerprint density at radius 2 is 2.03 bits per heavy atom. The van der Waals surface area contributed by atoms with Gasteiger partial charge in [-0.3, -0.25) is 23.7 Å². The van der Waals surface area contributed by atoms with Crippen molar-refractivity contribution in [2.24, 2.45) is 0 Å². The number of aliphatic carboxylic acids is 1. The van der Waals surface area contributed by atoms with Crippen molar-refractivity contribution in [3.05, 3.63) is 74.0 Å². The Kier molecular flexibility index (Phi) is 7.01. The molecule has 3 heterocycles. The van der Waals surface area contributed by atoms with E-state index < -0.39 is 17.4 Å². The van der Waals surface area contributed by atoms with Crippen molar-refractivity contribution in [1.82, 2.24) is 14.3 Å². The lowest BCUT2D eigenvalue weighted by Gasteiger charge is -2.13. The Hall–Kier alpha value is -3.21. The van der Waals surface area contributed by atoms with Gasteiger partial charge in [0, 0.05) is 19.2 Å². The van der Waals surface area contributed by atoms with Crippen LogP contribution in [-0.4, -0.2) is 42.1 Å². The van der Waals surface area contributed by atoms with E-state index in [1.165, 1.54) is 15.4 Å². The largest absolute Gasteiger partial charge is 0.481 e. The average molecular weight is 516 g/mol. The number of aryl methyl sites for hydroxylation is 1. The monoisotopic (exact) mass is 515 g/mol. The second-order valence-electron chi connectivity index (χ2n) is 7.38. The highest BCUT2D eigenvalue weighted by molar-refractivity contribution is 8.26. The number of carbonyl (C=O) groups is 2. The molecule has 2 aromatic heterocycles.